The van der Waals surface area contributed by atoms with Crippen LogP contribution in [0.3, 0.4) is 0 Å². The van der Waals surface area contributed by atoms with Crippen molar-refractivity contribution < 1.29 is 4.79 Å². The largest absolute Gasteiger partial charge is 0.342 e. The van der Waals surface area contributed by atoms with Gasteiger partial charge in [0.15, 0.2) is 0 Å². The van der Waals surface area contributed by atoms with Gasteiger partial charge >= 0.3 is 0 Å². The molecule has 0 spiro atoms. The van der Waals surface area contributed by atoms with Gasteiger partial charge in [-0.25, -0.2) is 0 Å². The molecule has 0 atom stereocenters. The standard InChI is InChI=1S/C20H30N2O/c1-17-6-8-18(9-7-17)16-20(23)22-14-10-19(11-15-22)21-12-4-2-3-5-13-21/h6-9,19H,2-5,10-16H2,1H3. The third kappa shape index (κ3) is 4.57. The van der Waals surface area contributed by atoms with Crippen molar-refractivity contribution in [2.75, 3.05) is 26.2 Å². The minimum atomic E-state index is 0.295. The summed E-state index contributed by atoms with van der Waals surface area (Å²) in [5, 5.41) is 0. The van der Waals surface area contributed by atoms with E-state index in [2.05, 4.69) is 41.0 Å². The van der Waals surface area contributed by atoms with E-state index in [0.29, 0.717) is 18.4 Å². The molecule has 23 heavy (non-hydrogen) atoms. The predicted octanol–water partition coefficient (Wildman–Crippen LogP) is 3.40. The van der Waals surface area contributed by atoms with Gasteiger partial charge < -0.3 is 9.80 Å². The first kappa shape index (κ1) is 16.5. The summed E-state index contributed by atoms with van der Waals surface area (Å²) in [6.07, 6.45) is 8.35. The van der Waals surface area contributed by atoms with Gasteiger partial charge in [0.05, 0.1) is 6.42 Å². The number of piperidine rings is 1. The Morgan fingerprint density at radius 2 is 1.57 bits per heavy atom. The molecule has 2 aliphatic rings. The number of hydrogen-bond donors (Lipinski definition) is 0. The van der Waals surface area contributed by atoms with Crippen LogP contribution in [-0.4, -0.2) is 47.9 Å². The fraction of sp³-hybridized carbons (Fsp3) is 0.650. The zero-order chi connectivity index (χ0) is 16.1. The third-order valence-electron chi connectivity index (χ3n) is 5.45. The van der Waals surface area contributed by atoms with E-state index in [1.165, 1.54) is 44.3 Å². The van der Waals surface area contributed by atoms with Gasteiger partial charge in [0.2, 0.25) is 5.91 Å². The molecule has 0 N–H and O–H groups in total. The average molecular weight is 314 g/mol. The molecule has 0 bridgehead atoms. The monoisotopic (exact) mass is 314 g/mol. The average Bonchev–Trinajstić information content (AvgIpc) is 2.86. The number of carbonyl (C=O) groups excluding carboxylic acids is 1. The molecular weight excluding hydrogens is 284 g/mol. The second-order valence-electron chi connectivity index (χ2n) is 7.22. The molecule has 1 aromatic rings. The molecule has 1 aromatic carbocycles. The van der Waals surface area contributed by atoms with E-state index in [1.807, 2.05) is 0 Å². The Balaban J connectivity index is 1.48. The maximum atomic E-state index is 12.5. The van der Waals surface area contributed by atoms with Crippen LogP contribution in [0.5, 0.6) is 0 Å². The second kappa shape index (κ2) is 7.96. The lowest BCUT2D eigenvalue weighted by Gasteiger charge is -2.38. The molecule has 2 heterocycles. The quantitative estimate of drug-likeness (QED) is 0.853. The smallest absolute Gasteiger partial charge is 0.226 e. The highest BCUT2D eigenvalue weighted by atomic mass is 16.2. The lowest BCUT2D eigenvalue weighted by atomic mass is 10.0. The van der Waals surface area contributed by atoms with Crippen molar-refractivity contribution in [3.8, 4) is 0 Å². The molecular formula is C20H30N2O. The Morgan fingerprint density at radius 3 is 2.17 bits per heavy atom. The number of hydrogen-bond acceptors (Lipinski definition) is 2. The van der Waals surface area contributed by atoms with Gasteiger partial charge in [-0.2, -0.15) is 0 Å². The van der Waals surface area contributed by atoms with Gasteiger partial charge in [0.25, 0.3) is 0 Å². The van der Waals surface area contributed by atoms with Crippen molar-refractivity contribution in [3.63, 3.8) is 0 Å². The Kier molecular flexibility index (Phi) is 5.71. The second-order valence-corrected chi connectivity index (χ2v) is 7.22. The molecule has 0 unspecified atom stereocenters. The van der Waals surface area contributed by atoms with E-state index >= 15 is 0 Å². The highest BCUT2D eigenvalue weighted by Crippen LogP contribution is 2.21. The summed E-state index contributed by atoms with van der Waals surface area (Å²) in [5.74, 6) is 0.295. The Bertz CT molecular complexity index is 495. The Hall–Kier alpha value is -1.35. The van der Waals surface area contributed by atoms with E-state index in [4.69, 9.17) is 0 Å². The van der Waals surface area contributed by atoms with Crippen LogP contribution in [-0.2, 0) is 11.2 Å². The molecule has 3 heteroatoms. The zero-order valence-electron chi connectivity index (χ0n) is 14.5. The highest BCUT2D eigenvalue weighted by Gasteiger charge is 2.27. The molecule has 3 rings (SSSR count). The minimum absolute atomic E-state index is 0.295. The van der Waals surface area contributed by atoms with E-state index in [1.54, 1.807) is 0 Å². The first-order valence-corrected chi connectivity index (χ1v) is 9.30. The van der Waals surface area contributed by atoms with Gasteiger partial charge in [-0.1, -0.05) is 42.7 Å². The third-order valence-corrected chi connectivity index (χ3v) is 5.45. The van der Waals surface area contributed by atoms with Crippen LogP contribution in [0.4, 0.5) is 0 Å². The number of likely N-dealkylation sites (tertiary alicyclic amines) is 2. The maximum Gasteiger partial charge on any atom is 0.226 e. The molecule has 2 saturated heterocycles. The fourth-order valence-corrected chi connectivity index (χ4v) is 3.93. The number of aryl methyl sites for hydroxylation is 1. The number of nitrogens with zero attached hydrogens (tertiary/aromatic N) is 2. The summed E-state index contributed by atoms with van der Waals surface area (Å²) in [7, 11) is 0. The number of rotatable bonds is 3. The van der Waals surface area contributed by atoms with Gasteiger partial charge in [-0.05, 0) is 51.3 Å². The topological polar surface area (TPSA) is 23.6 Å². The number of carbonyl (C=O) groups is 1. The van der Waals surface area contributed by atoms with Crippen molar-refractivity contribution in [3.05, 3.63) is 35.4 Å². The summed E-state index contributed by atoms with van der Waals surface area (Å²) >= 11 is 0. The normalized spacial score (nSPS) is 21.2. The summed E-state index contributed by atoms with van der Waals surface area (Å²) in [6, 6.07) is 9.05. The summed E-state index contributed by atoms with van der Waals surface area (Å²) < 4.78 is 0. The highest BCUT2D eigenvalue weighted by molar-refractivity contribution is 5.78. The van der Waals surface area contributed by atoms with Gasteiger partial charge in [0, 0.05) is 19.1 Å². The van der Waals surface area contributed by atoms with E-state index < -0.39 is 0 Å². The zero-order valence-corrected chi connectivity index (χ0v) is 14.5. The molecule has 0 aliphatic carbocycles. The predicted molar refractivity (Wildman–Crippen MR) is 94.5 cm³/mol. The summed E-state index contributed by atoms with van der Waals surface area (Å²) in [5.41, 5.74) is 2.38. The molecule has 0 saturated carbocycles. The van der Waals surface area contributed by atoms with Crippen LogP contribution < -0.4 is 0 Å². The van der Waals surface area contributed by atoms with Crippen molar-refractivity contribution >= 4 is 5.91 Å². The van der Waals surface area contributed by atoms with Crippen LogP contribution in [0.2, 0.25) is 0 Å². The van der Waals surface area contributed by atoms with Gasteiger partial charge in [-0.3, -0.25) is 4.79 Å². The number of amides is 1. The first-order chi connectivity index (χ1) is 11.2. The lowest BCUT2D eigenvalue weighted by molar-refractivity contribution is -0.132. The molecule has 3 nitrogen and oxygen atoms in total. The van der Waals surface area contributed by atoms with Crippen LogP contribution in [0.25, 0.3) is 0 Å². The van der Waals surface area contributed by atoms with E-state index in [0.717, 1.165) is 31.5 Å². The minimum Gasteiger partial charge on any atom is -0.342 e. The van der Waals surface area contributed by atoms with E-state index in [9.17, 15) is 4.79 Å². The van der Waals surface area contributed by atoms with Gasteiger partial charge in [-0.15, -0.1) is 0 Å². The Labute approximate surface area is 140 Å². The van der Waals surface area contributed by atoms with Crippen molar-refractivity contribution in [1.29, 1.82) is 0 Å². The number of benzene rings is 1. The maximum absolute atomic E-state index is 12.5. The summed E-state index contributed by atoms with van der Waals surface area (Å²) in [6.45, 7) is 6.49. The molecule has 2 aliphatic heterocycles. The SMILES string of the molecule is Cc1ccc(CC(=O)N2CCC(N3CCCCCC3)CC2)cc1. The molecule has 0 aromatic heterocycles. The van der Waals surface area contributed by atoms with E-state index in [-0.39, 0.29) is 0 Å². The lowest BCUT2D eigenvalue weighted by Crippen LogP contribution is -2.47. The van der Waals surface area contributed by atoms with Crippen LogP contribution >= 0.6 is 0 Å². The van der Waals surface area contributed by atoms with Gasteiger partial charge in [0.1, 0.15) is 0 Å². The first-order valence-electron chi connectivity index (χ1n) is 9.30. The summed E-state index contributed by atoms with van der Waals surface area (Å²) in [4.78, 5) is 17.3. The molecule has 0 radical (unpaired) electrons. The van der Waals surface area contributed by atoms with Crippen molar-refractivity contribution in [2.24, 2.45) is 0 Å². The molecule has 1 amide bonds. The van der Waals surface area contributed by atoms with Crippen LogP contribution in [0.1, 0.15) is 49.7 Å². The fourth-order valence-electron chi connectivity index (χ4n) is 3.93. The van der Waals surface area contributed by atoms with Crippen LogP contribution in [0, 0.1) is 6.92 Å². The molecule has 126 valence electrons. The van der Waals surface area contributed by atoms with Crippen molar-refractivity contribution in [1.82, 2.24) is 9.80 Å². The van der Waals surface area contributed by atoms with Crippen molar-refractivity contribution in [2.45, 2.75) is 57.9 Å². The van der Waals surface area contributed by atoms with Crippen LogP contribution in [0.15, 0.2) is 24.3 Å². The Morgan fingerprint density at radius 1 is 0.957 bits per heavy atom. The molecule has 2 fully saturated rings.